The van der Waals surface area contributed by atoms with Gasteiger partial charge in [0.05, 0.1) is 33.9 Å². The van der Waals surface area contributed by atoms with Gasteiger partial charge in [0.15, 0.2) is 0 Å². The third-order valence-corrected chi connectivity index (χ3v) is 7.66. The summed E-state index contributed by atoms with van der Waals surface area (Å²) in [5.74, 6) is 5.94. The van der Waals surface area contributed by atoms with E-state index in [1.807, 2.05) is 22.9 Å². The van der Waals surface area contributed by atoms with E-state index in [-0.39, 0.29) is 18.6 Å². The van der Waals surface area contributed by atoms with Gasteiger partial charge in [-0.2, -0.15) is 0 Å². The van der Waals surface area contributed by atoms with Crippen LogP contribution in [0.15, 0.2) is 62.9 Å². The molecule has 3 atom stereocenters. The number of aromatic amines is 1. The Balaban J connectivity index is 1.38. The Hall–Kier alpha value is -3.20. The zero-order valence-electron chi connectivity index (χ0n) is 18.6. The first-order valence-electron chi connectivity index (χ1n) is 11.1. The molecule has 0 aromatic carbocycles. The number of nitrogens with zero attached hydrogens (tertiary/aromatic N) is 2. The van der Waals surface area contributed by atoms with Crippen LogP contribution in [0.3, 0.4) is 0 Å². The normalized spacial score (nSPS) is 19.5. The number of aliphatic hydroxyl groups is 2. The fourth-order valence-electron chi connectivity index (χ4n) is 4.15. The van der Waals surface area contributed by atoms with Crippen LogP contribution < -0.4 is 11.2 Å². The fourth-order valence-corrected chi connectivity index (χ4v) is 5.67. The summed E-state index contributed by atoms with van der Waals surface area (Å²) < 4.78 is 8.99. The number of thiophene rings is 2. The summed E-state index contributed by atoms with van der Waals surface area (Å²) in [5.41, 5.74) is 1.15. The first-order valence-corrected chi connectivity index (χ1v) is 12.9. The highest BCUT2D eigenvalue weighted by atomic mass is 32.1. The third kappa shape index (κ3) is 4.82. The lowest BCUT2D eigenvalue weighted by atomic mass is 10.2. The van der Waals surface area contributed by atoms with Crippen LogP contribution in [-0.4, -0.2) is 43.1 Å². The number of H-pyrrole nitrogens is 1. The Bertz CT molecular complexity index is 1420. The molecule has 1 fully saturated rings. The van der Waals surface area contributed by atoms with Gasteiger partial charge >= 0.3 is 5.69 Å². The standard InChI is InChI=1S/C25H23N3O5S2/c29-15-20-19(30)13-23(33-20)28-14-16(24(31)26-25(28)32)5-1-2-10-27-17(21-6-3-11-34-21)8-9-18(27)22-7-4-12-35-22/h3-4,6-9,11-12,14,19-20,23,29-30H,2,10,13,15H2,(H,26,31,32)/t19-,20+,23+/m0/s1. The molecule has 0 radical (unpaired) electrons. The van der Waals surface area contributed by atoms with Crippen molar-refractivity contribution in [1.29, 1.82) is 0 Å². The van der Waals surface area contributed by atoms with E-state index < -0.39 is 29.7 Å². The molecular weight excluding hydrogens is 486 g/mol. The first kappa shape index (κ1) is 23.5. The average molecular weight is 510 g/mol. The van der Waals surface area contributed by atoms with Crippen molar-refractivity contribution in [2.45, 2.75) is 37.8 Å². The van der Waals surface area contributed by atoms with Gasteiger partial charge in [-0.05, 0) is 35.0 Å². The predicted octanol–water partition coefficient (Wildman–Crippen LogP) is 2.88. The van der Waals surface area contributed by atoms with E-state index in [1.54, 1.807) is 22.7 Å². The molecular formula is C25H23N3O5S2. The van der Waals surface area contributed by atoms with Crippen molar-refractivity contribution in [3.05, 3.63) is 79.8 Å². The molecule has 0 saturated carbocycles. The first-order chi connectivity index (χ1) is 17.0. The molecule has 180 valence electrons. The molecule has 4 aromatic rings. The largest absolute Gasteiger partial charge is 0.394 e. The molecule has 1 saturated heterocycles. The monoisotopic (exact) mass is 509 g/mol. The molecule has 4 aromatic heterocycles. The number of aliphatic hydroxyl groups excluding tert-OH is 2. The van der Waals surface area contributed by atoms with Gasteiger partial charge in [0.25, 0.3) is 5.56 Å². The van der Waals surface area contributed by atoms with Gasteiger partial charge in [0.1, 0.15) is 17.9 Å². The quantitative estimate of drug-likeness (QED) is 0.346. The molecule has 0 aliphatic carbocycles. The van der Waals surface area contributed by atoms with E-state index in [9.17, 15) is 19.8 Å². The molecule has 3 N–H and O–H groups in total. The summed E-state index contributed by atoms with van der Waals surface area (Å²) >= 11 is 3.36. The maximum atomic E-state index is 12.3. The Morgan fingerprint density at radius 3 is 2.34 bits per heavy atom. The van der Waals surface area contributed by atoms with Gasteiger partial charge in [0.2, 0.25) is 0 Å². The van der Waals surface area contributed by atoms with E-state index in [0.717, 1.165) is 11.4 Å². The SMILES string of the molecule is O=c1[nH]c(=O)n([C@H]2C[C@H](O)[C@@H](CO)O2)cc1C#CCCn1c(-c2cccs2)ccc1-c1cccs1. The fraction of sp³-hybridized carbons (Fsp3) is 0.280. The van der Waals surface area contributed by atoms with Crippen LogP contribution in [0.1, 0.15) is 24.6 Å². The molecule has 8 nitrogen and oxygen atoms in total. The molecule has 1 aliphatic heterocycles. The Morgan fingerprint density at radius 2 is 1.77 bits per heavy atom. The lowest BCUT2D eigenvalue weighted by molar-refractivity contribution is -0.0459. The van der Waals surface area contributed by atoms with Crippen molar-refractivity contribution in [2.75, 3.05) is 6.61 Å². The minimum atomic E-state index is -0.894. The molecule has 5 rings (SSSR count). The van der Waals surface area contributed by atoms with Crippen molar-refractivity contribution in [3.63, 3.8) is 0 Å². The Kier molecular flexibility index (Phi) is 6.86. The molecule has 35 heavy (non-hydrogen) atoms. The highest BCUT2D eigenvalue weighted by Gasteiger charge is 2.35. The van der Waals surface area contributed by atoms with E-state index in [1.165, 1.54) is 20.5 Å². The molecule has 1 aliphatic rings. The molecule has 0 unspecified atom stereocenters. The number of ether oxygens (including phenoxy) is 1. The zero-order chi connectivity index (χ0) is 24.4. The van der Waals surface area contributed by atoms with E-state index >= 15 is 0 Å². The second-order valence-electron chi connectivity index (χ2n) is 8.09. The van der Waals surface area contributed by atoms with Crippen molar-refractivity contribution in [3.8, 4) is 33.0 Å². The van der Waals surface area contributed by atoms with E-state index in [0.29, 0.717) is 13.0 Å². The highest BCUT2D eigenvalue weighted by molar-refractivity contribution is 7.14. The number of aromatic nitrogens is 3. The van der Waals surface area contributed by atoms with E-state index in [2.05, 4.69) is 45.7 Å². The lowest BCUT2D eigenvalue weighted by Gasteiger charge is -2.14. The summed E-state index contributed by atoms with van der Waals surface area (Å²) in [6.07, 6.45) is -0.465. The predicted molar refractivity (Wildman–Crippen MR) is 135 cm³/mol. The van der Waals surface area contributed by atoms with Gasteiger partial charge in [-0.15, -0.1) is 22.7 Å². The van der Waals surface area contributed by atoms with Crippen molar-refractivity contribution in [1.82, 2.24) is 14.1 Å². The van der Waals surface area contributed by atoms with Crippen LogP contribution in [0.25, 0.3) is 21.1 Å². The van der Waals surface area contributed by atoms with Gasteiger partial charge in [-0.1, -0.05) is 24.0 Å². The third-order valence-electron chi connectivity index (χ3n) is 5.87. The topological polar surface area (TPSA) is 109 Å². The zero-order valence-corrected chi connectivity index (χ0v) is 20.2. The van der Waals surface area contributed by atoms with Gasteiger partial charge < -0.3 is 19.5 Å². The van der Waals surface area contributed by atoms with Crippen LogP contribution in [0.4, 0.5) is 0 Å². The number of nitrogens with one attached hydrogen (secondary N) is 1. The van der Waals surface area contributed by atoms with Gasteiger partial charge in [-0.3, -0.25) is 14.3 Å². The molecule has 0 spiro atoms. The minimum Gasteiger partial charge on any atom is -0.394 e. The van der Waals surface area contributed by atoms with Crippen molar-refractivity contribution < 1.29 is 14.9 Å². The summed E-state index contributed by atoms with van der Waals surface area (Å²) in [4.78, 5) is 29.2. The maximum absolute atomic E-state index is 12.3. The summed E-state index contributed by atoms with van der Waals surface area (Å²) in [5, 5.41) is 23.4. The number of hydrogen-bond acceptors (Lipinski definition) is 7. The summed E-state index contributed by atoms with van der Waals surface area (Å²) in [7, 11) is 0. The smallest absolute Gasteiger partial charge is 0.330 e. The van der Waals surface area contributed by atoms with E-state index in [4.69, 9.17) is 4.74 Å². The number of rotatable bonds is 6. The van der Waals surface area contributed by atoms with Crippen molar-refractivity contribution >= 4 is 22.7 Å². The van der Waals surface area contributed by atoms with Crippen LogP contribution >= 0.6 is 22.7 Å². The molecule has 5 heterocycles. The van der Waals surface area contributed by atoms with Crippen LogP contribution in [0.2, 0.25) is 0 Å². The highest BCUT2D eigenvalue weighted by Crippen LogP contribution is 2.33. The Labute approximate surface area is 208 Å². The molecule has 10 heteroatoms. The van der Waals surface area contributed by atoms with Crippen molar-refractivity contribution in [2.24, 2.45) is 0 Å². The second-order valence-corrected chi connectivity index (χ2v) is 9.98. The molecule has 0 bridgehead atoms. The van der Waals surface area contributed by atoms with Crippen LogP contribution in [0.5, 0.6) is 0 Å². The molecule has 0 amide bonds. The second kappa shape index (κ2) is 10.2. The van der Waals surface area contributed by atoms with Gasteiger partial charge in [0, 0.05) is 25.6 Å². The summed E-state index contributed by atoms with van der Waals surface area (Å²) in [6, 6.07) is 12.5. The lowest BCUT2D eigenvalue weighted by Crippen LogP contribution is -2.33. The number of hydrogen-bond donors (Lipinski definition) is 3. The van der Waals surface area contributed by atoms with Crippen LogP contribution in [0, 0.1) is 11.8 Å². The summed E-state index contributed by atoms with van der Waals surface area (Å²) in [6.45, 7) is 0.275. The van der Waals surface area contributed by atoms with Crippen LogP contribution in [-0.2, 0) is 11.3 Å². The average Bonchev–Trinajstić information content (AvgIpc) is 3.64. The Morgan fingerprint density at radius 1 is 1.09 bits per heavy atom. The minimum absolute atomic E-state index is 0.134. The maximum Gasteiger partial charge on any atom is 0.330 e. The van der Waals surface area contributed by atoms with Gasteiger partial charge in [-0.25, -0.2) is 4.79 Å².